The summed E-state index contributed by atoms with van der Waals surface area (Å²) in [5.41, 5.74) is 5.35. The summed E-state index contributed by atoms with van der Waals surface area (Å²) in [6.45, 7) is 3.73. The quantitative estimate of drug-likeness (QED) is 0.0267. The molecule has 0 fully saturated rings. The van der Waals surface area contributed by atoms with Crippen LogP contribution in [0.25, 0.3) is 0 Å². The van der Waals surface area contributed by atoms with Crippen LogP contribution in [0.2, 0.25) is 0 Å². The van der Waals surface area contributed by atoms with E-state index in [-0.39, 0.29) is 38.6 Å². The normalized spacial score (nSPS) is 13.5. The first-order valence-electron chi connectivity index (χ1n) is 22.8. The lowest BCUT2D eigenvalue weighted by molar-refractivity contribution is -0.161. The van der Waals surface area contributed by atoms with Crippen molar-refractivity contribution in [2.24, 2.45) is 5.73 Å². The van der Waals surface area contributed by atoms with Crippen LogP contribution in [-0.2, 0) is 32.7 Å². The number of rotatable bonds is 43. The first-order valence-corrected chi connectivity index (χ1v) is 24.3. The number of carbonyl (C=O) groups is 2. The van der Waals surface area contributed by atoms with Gasteiger partial charge in [-0.2, -0.15) is 0 Å². The first kappa shape index (κ1) is 53.5. The molecule has 0 radical (unpaired) electrons. The highest BCUT2D eigenvalue weighted by molar-refractivity contribution is 7.47. The van der Waals surface area contributed by atoms with Crippen molar-refractivity contribution in [3.8, 4) is 0 Å². The Kier molecular flexibility index (Phi) is 40.9. The number of carbonyl (C=O) groups excluding carboxylic acids is 2. The largest absolute Gasteiger partial charge is 0.472 e. The molecule has 0 aromatic heterocycles. The fraction of sp³-hybridized carbons (Fsp3) is 0.867. The predicted molar refractivity (Wildman–Crippen MR) is 229 cm³/mol. The fourth-order valence-electron chi connectivity index (χ4n) is 6.39. The molecule has 0 aromatic rings. The van der Waals surface area contributed by atoms with E-state index in [1.165, 1.54) is 141 Å². The van der Waals surface area contributed by atoms with Crippen molar-refractivity contribution >= 4 is 19.8 Å². The average molecular weight is 800 g/mol. The molecule has 0 amide bonds. The van der Waals surface area contributed by atoms with E-state index in [4.69, 9.17) is 24.3 Å². The van der Waals surface area contributed by atoms with Gasteiger partial charge >= 0.3 is 19.8 Å². The minimum atomic E-state index is -4.38. The molecule has 9 nitrogen and oxygen atoms in total. The summed E-state index contributed by atoms with van der Waals surface area (Å²) in [4.78, 5) is 34.9. The van der Waals surface area contributed by atoms with Crippen LogP contribution in [0.4, 0.5) is 0 Å². The number of ether oxygens (including phenoxy) is 2. The molecule has 0 rings (SSSR count). The second-order valence-corrected chi connectivity index (χ2v) is 16.7. The number of hydrogen-bond donors (Lipinski definition) is 2. The van der Waals surface area contributed by atoms with Crippen molar-refractivity contribution in [1.29, 1.82) is 0 Å². The van der Waals surface area contributed by atoms with Gasteiger partial charge in [0, 0.05) is 19.4 Å². The van der Waals surface area contributed by atoms with Gasteiger partial charge in [0.1, 0.15) is 6.61 Å². The molecule has 324 valence electrons. The van der Waals surface area contributed by atoms with Gasteiger partial charge in [0.05, 0.1) is 13.2 Å². The van der Waals surface area contributed by atoms with Crippen LogP contribution in [0.5, 0.6) is 0 Å². The zero-order valence-electron chi connectivity index (χ0n) is 35.7. The third-order valence-corrected chi connectivity index (χ3v) is 10.8. The Morgan fingerprint density at radius 1 is 0.527 bits per heavy atom. The maximum absolute atomic E-state index is 12.6. The molecule has 0 saturated heterocycles. The third-order valence-electron chi connectivity index (χ3n) is 9.81. The van der Waals surface area contributed by atoms with Crippen molar-refractivity contribution in [3.05, 3.63) is 24.3 Å². The number of unbranched alkanes of at least 4 members (excludes halogenated alkanes) is 26. The number of esters is 2. The summed E-state index contributed by atoms with van der Waals surface area (Å²) in [7, 11) is -4.38. The molecule has 0 saturated carbocycles. The van der Waals surface area contributed by atoms with Crippen molar-refractivity contribution in [2.75, 3.05) is 26.4 Å². The molecule has 2 atom stereocenters. The van der Waals surface area contributed by atoms with E-state index < -0.39 is 26.5 Å². The highest BCUT2D eigenvalue weighted by atomic mass is 31.2. The number of allylic oxidation sites excluding steroid dienone is 4. The summed E-state index contributed by atoms with van der Waals surface area (Å²) in [5, 5.41) is 0. The minimum Gasteiger partial charge on any atom is -0.462 e. The van der Waals surface area contributed by atoms with E-state index in [9.17, 15) is 19.0 Å². The molecule has 0 spiro atoms. The molecular formula is C45H86NO8P. The lowest BCUT2D eigenvalue weighted by atomic mass is 10.1. The molecule has 55 heavy (non-hydrogen) atoms. The van der Waals surface area contributed by atoms with Crippen molar-refractivity contribution < 1.29 is 37.6 Å². The standard InChI is InChI=1S/C45H86NO8P/c1-3-5-7-9-11-13-15-17-19-20-21-22-24-25-27-29-31-33-35-37-44(47)51-41-43(42-53-55(49,50)52-40-39-46)54-45(48)38-36-34-32-30-28-26-23-18-16-14-12-10-8-6-4-2/h14,16-17,19,43H,3-13,15,18,20-42,46H2,1-2H3,(H,49,50)/t43-/m1/s1. The number of hydrogen-bond acceptors (Lipinski definition) is 8. The molecule has 0 aliphatic rings. The molecule has 0 bridgehead atoms. The number of nitrogens with two attached hydrogens (primary N) is 1. The smallest absolute Gasteiger partial charge is 0.462 e. The zero-order valence-corrected chi connectivity index (χ0v) is 36.6. The van der Waals surface area contributed by atoms with Gasteiger partial charge in [0.2, 0.25) is 0 Å². The molecule has 0 aromatic carbocycles. The summed E-state index contributed by atoms with van der Waals surface area (Å²) >= 11 is 0. The van der Waals surface area contributed by atoms with E-state index in [0.29, 0.717) is 6.42 Å². The van der Waals surface area contributed by atoms with Gasteiger partial charge in [-0.25, -0.2) is 4.57 Å². The highest BCUT2D eigenvalue weighted by Gasteiger charge is 2.26. The third kappa shape index (κ3) is 41.9. The fourth-order valence-corrected chi connectivity index (χ4v) is 7.15. The second kappa shape index (κ2) is 42.1. The van der Waals surface area contributed by atoms with Gasteiger partial charge in [-0.1, -0.05) is 167 Å². The lowest BCUT2D eigenvalue weighted by Crippen LogP contribution is -2.29. The molecular weight excluding hydrogens is 713 g/mol. The van der Waals surface area contributed by atoms with Gasteiger partial charge in [-0.15, -0.1) is 0 Å². The highest BCUT2D eigenvalue weighted by Crippen LogP contribution is 2.43. The Morgan fingerprint density at radius 3 is 1.31 bits per heavy atom. The van der Waals surface area contributed by atoms with Crippen molar-refractivity contribution in [2.45, 2.75) is 225 Å². The van der Waals surface area contributed by atoms with Crippen LogP contribution in [0, 0.1) is 0 Å². The van der Waals surface area contributed by atoms with Crippen LogP contribution < -0.4 is 5.73 Å². The van der Waals surface area contributed by atoms with Crippen LogP contribution in [0.3, 0.4) is 0 Å². The first-order chi connectivity index (χ1) is 26.8. The molecule has 0 aliphatic heterocycles. The summed E-state index contributed by atoms with van der Waals surface area (Å²) in [5.74, 6) is -0.829. The van der Waals surface area contributed by atoms with Crippen molar-refractivity contribution in [3.63, 3.8) is 0 Å². The van der Waals surface area contributed by atoms with Crippen LogP contribution in [0.15, 0.2) is 24.3 Å². The SMILES string of the molecule is CCCCCCC=CCCCCCCCCCC(=O)O[C@H](COC(=O)CCCCCCCCCCCC=CCCCCCCCC)COP(=O)(O)OCCN. The second-order valence-electron chi connectivity index (χ2n) is 15.3. The Balaban J connectivity index is 4.10. The summed E-state index contributed by atoms with van der Waals surface area (Å²) in [6.07, 6.45) is 44.9. The monoisotopic (exact) mass is 800 g/mol. The van der Waals surface area contributed by atoms with E-state index in [1.807, 2.05) is 0 Å². The van der Waals surface area contributed by atoms with Crippen LogP contribution >= 0.6 is 7.82 Å². The Morgan fingerprint density at radius 2 is 0.891 bits per heavy atom. The summed E-state index contributed by atoms with van der Waals surface area (Å²) < 4.78 is 32.8. The zero-order chi connectivity index (χ0) is 40.3. The maximum Gasteiger partial charge on any atom is 0.472 e. The molecule has 10 heteroatoms. The molecule has 0 heterocycles. The van der Waals surface area contributed by atoms with Gasteiger partial charge < -0.3 is 20.1 Å². The minimum absolute atomic E-state index is 0.0536. The Hall–Kier alpha value is -1.51. The predicted octanol–water partition coefficient (Wildman–Crippen LogP) is 13.2. The summed E-state index contributed by atoms with van der Waals surface area (Å²) in [6, 6.07) is 0. The Bertz CT molecular complexity index is 959. The van der Waals surface area contributed by atoms with Crippen LogP contribution in [0.1, 0.15) is 219 Å². The van der Waals surface area contributed by atoms with Crippen LogP contribution in [-0.4, -0.2) is 49.3 Å². The van der Waals surface area contributed by atoms with E-state index in [2.05, 4.69) is 38.2 Å². The van der Waals surface area contributed by atoms with Gasteiger partial charge in [-0.3, -0.25) is 18.6 Å². The van der Waals surface area contributed by atoms with E-state index in [0.717, 1.165) is 44.9 Å². The average Bonchev–Trinajstić information content (AvgIpc) is 3.17. The van der Waals surface area contributed by atoms with E-state index >= 15 is 0 Å². The lowest BCUT2D eigenvalue weighted by Gasteiger charge is -2.19. The van der Waals surface area contributed by atoms with Crippen molar-refractivity contribution in [1.82, 2.24) is 0 Å². The van der Waals surface area contributed by atoms with Gasteiger partial charge in [-0.05, 0) is 64.2 Å². The molecule has 3 N–H and O–H groups in total. The van der Waals surface area contributed by atoms with Gasteiger partial charge in [0.25, 0.3) is 0 Å². The van der Waals surface area contributed by atoms with Gasteiger partial charge in [0.15, 0.2) is 6.10 Å². The maximum atomic E-state index is 12.6. The van der Waals surface area contributed by atoms with E-state index in [1.54, 1.807) is 0 Å². The topological polar surface area (TPSA) is 134 Å². The number of phosphoric ester groups is 1. The number of phosphoric acid groups is 1. The molecule has 0 aliphatic carbocycles. The Labute approximate surface area is 338 Å². The molecule has 1 unspecified atom stereocenters.